The van der Waals surface area contributed by atoms with E-state index in [-0.39, 0.29) is 9.65 Å². The second-order valence-corrected chi connectivity index (χ2v) is 9.13. The molecule has 0 spiro atoms. The number of hydrogen-bond donors (Lipinski definition) is 1. The van der Waals surface area contributed by atoms with Crippen molar-refractivity contribution in [2.75, 3.05) is 5.73 Å². The summed E-state index contributed by atoms with van der Waals surface area (Å²) in [5.41, 5.74) is 9.93. The van der Waals surface area contributed by atoms with Crippen molar-refractivity contribution in [3.05, 3.63) is 114 Å². The van der Waals surface area contributed by atoms with Crippen LogP contribution in [0.25, 0.3) is 17.3 Å². The molecule has 1 aromatic heterocycles. The summed E-state index contributed by atoms with van der Waals surface area (Å²) in [6.07, 6.45) is 3.25. The minimum atomic E-state index is -0.181. The summed E-state index contributed by atoms with van der Waals surface area (Å²) in [5, 5.41) is 20.9. The van der Waals surface area contributed by atoms with Crippen molar-refractivity contribution in [1.82, 2.24) is 9.78 Å². The van der Waals surface area contributed by atoms with Crippen molar-refractivity contribution < 1.29 is 0 Å². The molecule has 2 unspecified atom stereocenters. The molecule has 2 atom stereocenters. The first kappa shape index (κ1) is 27.6. The molecule has 0 aliphatic carbocycles. The fraction of sp³-hybridized carbons (Fsp3) is 0.107. The van der Waals surface area contributed by atoms with Gasteiger partial charge in [-0.1, -0.05) is 123 Å². The molecule has 0 bridgehead atoms. The fourth-order valence-electron chi connectivity index (χ4n) is 2.94. The Morgan fingerprint density at radius 3 is 1.91 bits per heavy atom. The number of allylic oxidation sites excluding steroid dienone is 1. The van der Waals surface area contributed by atoms with Gasteiger partial charge in [0, 0.05) is 19.2 Å². The maximum Gasteiger partial charge on any atom is 0.146 e. The van der Waals surface area contributed by atoms with Gasteiger partial charge in [-0.15, -0.1) is 0 Å². The maximum atomic E-state index is 8.64. The molecule has 0 saturated carbocycles. The zero-order chi connectivity index (χ0) is 25.5. The van der Waals surface area contributed by atoms with Gasteiger partial charge in [-0.3, -0.25) is 4.68 Å². The van der Waals surface area contributed by atoms with Gasteiger partial charge in [-0.2, -0.15) is 15.6 Å². The van der Waals surface area contributed by atoms with E-state index in [0.717, 1.165) is 22.4 Å². The largest absolute Gasteiger partial charge is 0.382 e. The first-order chi connectivity index (χ1) is 17.0. The number of alkyl halides is 2. The van der Waals surface area contributed by atoms with Gasteiger partial charge >= 0.3 is 0 Å². The highest BCUT2D eigenvalue weighted by molar-refractivity contribution is 9.12. The lowest BCUT2D eigenvalue weighted by molar-refractivity contribution is 0.780. The number of rotatable bonds is 4. The molecule has 0 fully saturated rings. The molecule has 0 aliphatic rings. The molecule has 3 aromatic carbocycles. The number of halogens is 2. The molecule has 2 N–H and O–H groups in total. The minimum Gasteiger partial charge on any atom is -0.382 e. The Balaban J connectivity index is 0.000000187. The van der Waals surface area contributed by atoms with Crippen LogP contribution in [0.5, 0.6) is 0 Å². The molecular formula is C28H25Br2N5. The standard InChI is InChI=1S/C10H11N3.C9H7Br2N.C9H7N/c1-13-9(7-10(11)12-13)8-5-3-2-4-6-8;10-8(6-12)9(11)7-4-2-1-3-5-7;10-8-4-7-9-5-2-1-3-6-9/h2-7H,1H3,(H2,11,12);1-5,8-9H;1-7H/b;;7-4+. The van der Waals surface area contributed by atoms with Crippen molar-refractivity contribution in [3.63, 3.8) is 0 Å². The maximum absolute atomic E-state index is 8.64. The topological polar surface area (TPSA) is 91.4 Å². The molecule has 5 nitrogen and oxygen atoms in total. The van der Waals surface area contributed by atoms with Crippen LogP contribution in [0.2, 0.25) is 0 Å². The van der Waals surface area contributed by atoms with E-state index in [2.05, 4.69) is 43.0 Å². The average Bonchev–Trinajstić information content (AvgIpc) is 3.26. The Morgan fingerprint density at radius 2 is 1.43 bits per heavy atom. The molecule has 0 amide bonds. The highest BCUT2D eigenvalue weighted by Gasteiger charge is 2.16. The molecule has 0 radical (unpaired) electrons. The Bertz CT molecular complexity index is 1260. The lowest BCUT2D eigenvalue weighted by Gasteiger charge is -2.09. The average molecular weight is 591 g/mol. The number of anilines is 1. The molecular weight excluding hydrogens is 566 g/mol. The van der Waals surface area contributed by atoms with Crippen LogP contribution in [-0.4, -0.2) is 14.6 Å². The zero-order valence-electron chi connectivity index (χ0n) is 19.2. The van der Waals surface area contributed by atoms with Gasteiger partial charge in [0.05, 0.1) is 22.7 Å². The molecule has 4 aromatic rings. The monoisotopic (exact) mass is 589 g/mol. The van der Waals surface area contributed by atoms with Crippen molar-refractivity contribution in [3.8, 4) is 23.4 Å². The third kappa shape index (κ3) is 9.62. The number of nitrogen functional groups attached to an aromatic ring is 1. The normalized spacial score (nSPS) is 11.6. The van der Waals surface area contributed by atoms with Crippen molar-refractivity contribution in [1.29, 1.82) is 10.5 Å². The third-order valence-electron chi connectivity index (χ3n) is 4.62. The van der Waals surface area contributed by atoms with Crippen molar-refractivity contribution in [2.45, 2.75) is 9.65 Å². The van der Waals surface area contributed by atoms with E-state index in [0.29, 0.717) is 5.82 Å². The van der Waals surface area contributed by atoms with Gasteiger partial charge in [0.2, 0.25) is 0 Å². The molecule has 4 rings (SSSR count). The molecule has 35 heavy (non-hydrogen) atoms. The summed E-state index contributed by atoms with van der Waals surface area (Å²) in [6.45, 7) is 0. The summed E-state index contributed by atoms with van der Waals surface area (Å²) < 4.78 is 1.78. The van der Waals surface area contributed by atoms with Crippen LogP contribution in [0.4, 0.5) is 5.82 Å². The van der Waals surface area contributed by atoms with Gasteiger partial charge in [0.15, 0.2) is 0 Å². The smallest absolute Gasteiger partial charge is 0.146 e. The summed E-state index contributed by atoms with van der Waals surface area (Å²) in [6, 6.07) is 35.6. The van der Waals surface area contributed by atoms with Crippen LogP contribution in [0.3, 0.4) is 0 Å². The van der Waals surface area contributed by atoms with E-state index < -0.39 is 0 Å². The van der Waals surface area contributed by atoms with E-state index in [4.69, 9.17) is 16.3 Å². The van der Waals surface area contributed by atoms with Gasteiger partial charge in [0.25, 0.3) is 0 Å². The Hall–Kier alpha value is -3.65. The second kappa shape index (κ2) is 15.3. The number of aromatic nitrogens is 2. The van der Waals surface area contributed by atoms with Crippen molar-refractivity contribution >= 4 is 43.8 Å². The molecule has 0 saturated heterocycles. The van der Waals surface area contributed by atoms with Crippen LogP contribution in [-0.2, 0) is 7.05 Å². The van der Waals surface area contributed by atoms with Gasteiger partial charge in [0.1, 0.15) is 10.6 Å². The number of nitrogens with two attached hydrogens (primary N) is 1. The molecule has 7 heteroatoms. The molecule has 1 heterocycles. The first-order valence-corrected chi connectivity index (χ1v) is 12.5. The van der Waals surface area contributed by atoms with Crippen LogP contribution in [0.15, 0.2) is 103 Å². The highest BCUT2D eigenvalue weighted by Crippen LogP contribution is 2.30. The van der Waals surface area contributed by atoms with E-state index in [1.807, 2.05) is 110 Å². The predicted molar refractivity (Wildman–Crippen MR) is 151 cm³/mol. The highest BCUT2D eigenvalue weighted by atomic mass is 79.9. The summed E-state index contributed by atoms with van der Waals surface area (Å²) in [5.74, 6) is 0.557. The van der Waals surface area contributed by atoms with E-state index in [1.165, 1.54) is 6.08 Å². The molecule has 0 aliphatic heterocycles. The Morgan fingerprint density at radius 1 is 0.886 bits per heavy atom. The lowest BCUT2D eigenvalue weighted by Crippen LogP contribution is -2.02. The number of nitriles is 2. The number of aryl methyl sites for hydroxylation is 1. The van der Waals surface area contributed by atoms with Crippen LogP contribution in [0.1, 0.15) is 16.0 Å². The van der Waals surface area contributed by atoms with E-state index >= 15 is 0 Å². The van der Waals surface area contributed by atoms with Crippen molar-refractivity contribution in [2.24, 2.45) is 7.05 Å². The van der Waals surface area contributed by atoms with Crippen LogP contribution >= 0.6 is 31.9 Å². The SMILES string of the molecule is Cn1nc(N)cc1-c1ccccc1.N#C/C=C/c1ccccc1.N#CC(Br)C(Br)c1ccccc1. The lowest BCUT2D eigenvalue weighted by atomic mass is 10.1. The number of benzene rings is 3. The second-order valence-electron chi connectivity index (χ2n) is 7.16. The quantitative estimate of drug-likeness (QED) is 0.199. The first-order valence-electron chi connectivity index (χ1n) is 10.6. The van der Waals surface area contributed by atoms with E-state index in [1.54, 1.807) is 10.8 Å². The number of nitrogens with zero attached hydrogens (tertiary/aromatic N) is 4. The fourth-order valence-corrected chi connectivity index (χ4v) is 3.67. The minimum absolute atomic E-state index is 0.0590. The number of hydrogen-bond acceptors (Lipinski definition) is 4. The predicted octanol–water partition coefficient (Wildman–Crippen LogP) is 7.30. The van der Waals surface area contributed by atoms with Gasteiger partial charge < -0.3 is 5.73 Å². The Labute approximate surface area is 223 Å². The van der Waals surface area contributed by atoms with Gasteiger partial charge in [-0.25, -0.2) is 0 Å². The Kier molecular flexibility index (Phi) is 12.1. The van der Waals surface area contributed by atoms with E-state index in [9.17, 15) is 0 Å². The van der Waals surface area contributed by atoms with Crippen LogP contribution in [0, 0.1) is 22.7 Å². The summed E-state index contributed by atoms with van der Waals surface area (Å²) >= 11 is 6.71. The summed E-state index contributed by atoms with van der Waals surface area (Å²) in [4.78, 5) is -0.122. The summed E-state index contributed by atoms with van der Waals surface area (Å²) in [7, 11) is 1.89. The molecule has 176 valence electrons. The van der Waals surface area contributed by atoms with Crippen LogP contribution < -0.4 is 5.73 Å². The zero-order valence-corrected chi connectivity index (χ0v) is 22.3. The van der Waals surface area contributed by atoms with Gasteiger partial charge in [-0.05, 0) is 22.8 Å². The third-order valence-corrected chi connectivity index (χ3v) is 7.12.